The summed E-state index contributed by atoms with van der Waals surface area (Å²) in [7, 11) is 2.19. The smallest absolute Gasteiger partial charge is 0.260 e. The number of likely N-dealkylation sites (N-methyl/N-ethyl adjacent to an activating group) is 1. The molecule has 0 bridgehead atoms. The lowest BCUT2D eigenvalue weighted by molar-refractivity contribution is -0.110. The van der Waals surface area contributed by atoms with Crippen molar-refractivity contribution in [1.82, 2.24) is 9.80 Å². The number of amides is 1. The number of carbonyl (C=O) groups is 1. The van der Waals surface area contributed by atoms with Crippen molar-refractivity contribution < 1.29 is 9.53 Å². The highest BCUT2D eigenvalue weighted by Gasteiger charge is 2.32. The number of para-hydroxylation sites is 1. The molecule has 1 saturated heterocycles. The minimum atomic E-state index is -0.0804. The SMILES string of the molecule is CN1CCN(CCc2ccc3c(c2)CO/C3=C2/C(=O)Nc3ccccc32)CC1. The molecular formula is C23H25N3O2. The summed E-state index contributed by atoms with van der Waals surface area (Å²) in [6.07, 6.45) is 1.05. The van der Waals surface area contributed by atoms with E-state index in [0.29, 0.717) is 17.9 Å². The molecule has 0 atom stereocenters. The van der Waals surface area contributed by atoms with E-state index >= 15 is 0 Å². The quantitative estimate of drug-likeness (QED) is 0.838. The van der Waals surface area contributed by atoms with Gasteiger partial charge in [0.05, 0.1) is 5.57 Å². The van der Waals surface area contributed by atoms with Crippen LogP contribution in [0.2, 0.25) is 0 Å². The summed E-state index contributed by atoms with van der Waals surface area (Å²) in [5.74, 6) is 0.631. The summed E-state index contributed by atoms with van der Waals surface area (Å²) in [5, 5.41) is 2.94. The standard InChI is InChI=1S/C23H25N3O2/c1-25-10-12-26(13-11-25)9-8-16-6-7-18-17(14-16)15-28-22(18)21-19-4-2-3-5-20(19)24-23(21)27/h2-7,14H,8-13,15H2,1H3,(H,24,27)/b22-21+. The van der Waals surface area contributed by atoms with E-state index in [1.54, 1.807) is 0 Å². The normalized spacial score (nSPS) is 22.0. The van der Waals surface area contributed by atoms with Crippen LogP contribution in [0.4, 0.5) is 5.69 Å². The maximum Gasteiger partial charge on any atom is 0.260 e. The van der Waals surface area contributed by atoms with Crippen LogP contribution >= 0.6 is 0 Å². The molecule has 144 valence electrons. The highest BCUT2D eigenvalue weighted by Crippen LogP contribution is 2.41. The van der Waals surface area contributed by atoms with Crippen LogP contribution < -0.4 is 5.32 Å². The third kappa shape index (κ3) is 3.11. The Morgan fingerprint density at radius 1 is 1.04 bits per heavy atom. The first-order valence-corrected chi connectivity index (χ1v) is 10.00. The molecule has 5 nitrogen and oxygen atoms in total. The van der Waals surface area contributed by atoms with E-state index < -0.39 is 0 Å². The molecule has 1 amide bonds. The molecular weight excluding hydrogens is 350 g/mol. The summed E-state index contributed by atoms with van der Waals surface area (Å²) < 4.78 is 6.00. The van der Waals surface area contributed by atoms with Crippen molar-refractivity contribution in [1.29, 1.82) is 0 Å². The Morgan fingerprint density at radius 3 is 2.71 bits per heavy atom. The van der Waals surface area contributed by atoms with E-state index in [4.69, 9.17) is 4.74 Å². The Morgan fingerprint density at radius 2 is 1.86 bits per heavy atom. The van der Waals surface area contributed by atoms with Gasteiger partial charge >= 0.3 is 0 Å². The molecule has 28 heavy (non-hydrogen) atoms. The van der Waals surface area contributed by atoms with Crippen LogP contribution in [0.5, 0.6) is 0 Å². The van der Waals surface area contributed by atoms with Crippen LogP contribution in [-0.2, 0) is 22.6 Å². The first-order valence-electron chi connectivity index (χ1n) is 10.00. The molecule has 3 aliphatic heterocycles. The molecule has 2 aromatic rings. The molecule has 5 heteroatoms. The molecule has 1 N–H and O–H groups in total. The zero-order valence-corrected chi connectivity index (χ0v) is 16.2. The Bertz CT molecular complexity index is 958. The minimum Gasteiger partial charge on any atom is -0.487 e. The van der Waals surface area contributed by atoms with Gasteiger partial charge in [-0.25, -0.2) is 0 Å². The zero-order chi connectivity index (χ0) is 19.1. The summed E-state index contributed by atoms with van der Waals surface area (Å²) in [6.45, 7) is 6.23. The van der Waals surface area contributed by atoms with E-state index in [1.165, 1.54) is 11.1 Å². The average molecular weight is 375 g/mol. The van der Waals surface area contributed by atoms with Crippen LogP contribution in [0.1, 0.15) is 22.3 Å². The van der Waals surface area contributed by atoms with E-state index in [0.717, 1.165) is 56.0 Å². The Kier molecular flexibility index (Phi) is 4.41. The largest absolute Gasteiger partial charge is 0.487 e. The number of ether oxygens (including phenoxy) is 1. The topological polar surface area (TPSA) is 44.8 Å². The lowest BCUT2D eigenvalue weighted by atomic mass is 9.98. The number of piperazine rings is 1. The van der Waals surface area contributed by atoms with Gasteiger partial charge < -0.3 is 19.9 Å². The number of nitrogens with one attached hydrogen (secondary N) is 1. The second kappa shape index (κ2) is 7.08. The van der Waals surface area contributed by atoms with E-state index in [2.05, 4.69) is 40.4 Å². The first-order chi connectivity index (χ1) is 13.7. The zero-order valence-electron chi connectivity index (χ0n) is 16.2. The monoisotopic (exact) mass is 375 g/mol. The van der Waals surface area contributed by atoms with Crippen molar-refractivity contribution in [3.05, 3.63) is 64.7 Å². The number of hydrogen-bond donors (Lipinski definition) is 1. The van der Waals surface area contributed by atoms with Crippen molar-refractivity contribution >= 4 is 22.9 Å². The molecule has 0 unspecified atom stereocenters. The third-order valence-electron chi connectivity index (χ3n) is 6.00. The lowest BCUT2D eigenvalue weighted by Gasteiger charge is -2.32. The number of rotatable bonds is 3. The Balaban J connectivity index is 1.37. The number of hydrogen-bond acceptors (Lipinski definition) is 4. The lowest BCUT2D eigenvalue weighted by Crippen LogP contribution is -2.45. The van der Waals surface area contributed by atoms with Gasteiger partial charge in [-0.1, -0.05) is 36.4 Å². The summed E-state index contributed by atoms with van der Waals surface area (Å²) >= 11 is 0. The second-order valence-electron chi connectivity index (χ2n) is 7.88. The van der Waals surface area contributed by atoms with Gasteiger partial charge in [0, 0.05) is 55.1 Å². The van der Waals surface area contributed by atoms with Gasteiger partial charge in [0.2, 0.25) is 0 Å². The average Bonchev–Trinajstić information content (AvgIpc) is 3.26. The molecule has 0 spiro atoms. The van der Waals surface area contributed by atoms with Crippen molar-refractivity contribution in [3.8, 4) is 0 Å². The summed E-state index contributed by atoms with van der Waals surface area (Å²) in [6, 6.07) is 14.3. The molecule has 0 saturated carbocycles. The third-order valence-corrected chi connectivity index (χ3v) is 6.00. The fourth-order valence-electron chi connectivity index (χ4n) is 4.28. The first kappa shape index (κ1) is 17.5. The fraction of sp³-hybridized carbons (Fsp3) is 0.348. The summed E-state index contributed by atoms with van der Waals surface area (Å²) in [5.41, 5.74) is 5.99. The van der Waals surface area contributed by atoms with Gasteiger partial charge in [-0.3, -0.25) is 4.79 Å². The Labute approximate surface area is 165 Å². The fourth-order valence-corrected chi connectivity index (χ4v) is 4.28. The van der Waals surface area contributed by atoms with Crippen LogP contribution in [0.25, 0.3) is 11.3 Å². The maximum absolute atomic E-state index is 12.5. The Hall–Kier alpha value is -2.63. The number of anilines is 1. The highest BCUT2D eigenvalue weighted by atomic mass is 16.5. The van der Waals surface area contributed by atoms with Gasteiger partial charge in [0.1, 0.15) is 12.4 Å². The maximum atomic E-state index is 12.5. The predicted octanol–water partition coefficient (Wildman–Crippen LogP) is 2.83. The van der Waals surface area contributed by atoms with Gasteiger partial charge in [0.25, 0.3) is 5.91 Å². The highest BCUT2D eigenvalue weighted by molar-refractivity contribution is 6.36. The molecule has 5 rings (SSSR count). The van der Waals surface area contributed by atoms with Crippen LogP contribution in [0.15, 0.2) is 42.5 Å². The van der Waals surface area contributed by atoms with Gasteiger partial charge in [0.15, 0.2) is 0 Å². The number of benzene rings is 2. The molecule has 2 aromatic carbocycles. The number of carbonyl (C=O) groups excluding carboxylic acids is 1. The van der Waals surface area contributed by atoms with Gasteiger partial charge in [-0.15, -0.1) is 0 Å². The molecule has 0 aromatic heterocycles. The molecule has 0 radical (unpaired) electrons. The van der Waals surface area contributed by atoms with Gasteiger partial charge in [-0.2, -0.15) is 0 Å². The minimum absolute atomic E-state index is 0.0804. The van der Waals surface area contributed by atoms with E-state index in [-0.39, 0.29) is 5.91 Å². The van der Waals surface area contributed by atoms with Crippen LogP contribution in [0, 0.1) is 0 Å². The molecule has 3 aliphatic rings. The molecule has 3 heterocycles. The van der Waals surface area contributed by atoms with Crippen LogP contribution in [0.3, 0.4) is 0 Å². The van der Waals surface area contributed by atoms with Gasteiger partial charge in [-0.05, 0) is 25.1 Å². The predicted molar refractivity (Wildman–Crippen MR) is 111 cm³/mol. The van der Waals surface area contributed by atoms with Crippen molar-refractivity contribution in [3.63, 3.8) is 0 Å². The van der Waals surface area contributed by atoms with Crippen molar-refractivity contribution in [2.45, 2.75) is 13.0 Å². The molecule has 0 aliphatic carbocycles. The molecule has 1 fully saturated rings. The summed E-state index contributed by atoms with van der Waals surface area (Å²) in [4.78, 5) is 17.5. The van der Waals surface area contributed by atoms with Crippen molar-refractivity contribution in [2.75, 3.05) is 45.1 Å². The number of nitrogens with zero attached hydrogens (tertiary/aromatic N) is 2. The van der Waals surface area contributed by atoms with E-state index in [9.17, 15) is 4.79 Å². The second-order valence-corrected chi connectivity index (χ2v) is 7.88. The van der Waals surface area contributed by atoms with E-state index in [1.807, 2.05) is 24.3 Å². The van der Waals surface area contributed by atoms with Crippen LogP contribution in [-0.4, -0.2) is 55.5 Å². The van der Waals surface area contributed by atoms with Crippen molar-refractivity contribution in [2.24, 2.45) is 0 Å². The number of fused-ring (bicyclic) bond motifs is 2.